The molecule has 16 heavy (non-hydrogen) atoms. The number of rotatable bonds is 3. The molecule has 0 unspecified atom stereocenters. The van der Waals surface area contributed by atoms with Crippen molar-refractivity contribution in [2.45, 2.75) is 38.8 Å². The molecule has 0 bridgehead atoms. The number of ether oxygens (including phenoxy) is 1. The van der Waals surface area contributed by atoms with Gasteiger partial charge in [0.15, 0.2) is 0 Å². The van der Waals surface area contributed by atoms with Crippen LogP contribution in [0.15, 0.2) is 4.42 Å². The molecule has 1 aromatic rings. The summed E-state index contributed by atoms with van der Waals surface area (Å²) >= 11 is 5.48. The van der Waals surface area contributed by atoms with Crippen LogP contribution in [-0.2, 0) is 17.2 Å². The van der Waals surface area contributed by atoms with E-state index in [2.05, 4.69) is 15.5 Å². The molecule has 0 saturated carbocycles. The van der Waals surface area contributed by atoms with E-state index in [9.17, 15) is 4.79 Å². The average Bonchev–Trinajstić information content (AvgIpc) is 2.59. The summed E-state index contributed by atoms with van der Waals surface area (Å²) < 4.78 is 10.1. The molecule has 0 aliphatic heterocycles. The van der Waals surface area contributed by atoms with Crippen molar-refractivity contribution in [1.29, 1.82) is 0 Å². The number of alkyl carbamates (subject to hydrolysis) is 1. The topological polar surface area (TPSA) is 77.2 Å². The first kappa shape index (κ1) is 12.8. The van der Waals surface area contributed by atoms with Gasteiger partial charge in [-0.25, -0.2) is 4.79 Å². The first-order valence-electron chi connectivity index (χ1n) is 4.75. The summed E-state index contributed by atoms with van der Waals surface area (Å²) in [6, 6.07) is 0. The number of nitrogens with one attached hydrogen (secondary N) is 1. The Morgan fingerprint density at radius 2 is 2.06 bits per heavy atom. The Labute approximate surface area is 98.3 Å². The fraction of sp³-hybridized carbons (Fsp3) is 0.667. The van der Waals surface area contributed by atoms with Gasteiger partial charge in [-0.1, -0.05) is 0 Å². The molecule has 0 fully saturated rings. The Kier molecular flexibility index (Phi) is 4.12. The predicted octanol–water partition coefficient (Wildman–Crippen LogP) is 1.83. The summed E-state index contributed by atoms with van der Waals surface area (Å²) in [5, 5.41) is 9.82. The molecule has 7 heteroatoms. The highest BCUT2D eigenvalue weighted by Crippen LogP contribution is 2.07. The zero-order chi connectivity index (χ0) is 12.2. The van der Waals surface area contributed by atoms with Crippen LogP contribution in [0.4, 0.5) is 4.79 Å². The van der Waals surface area contributed by atoms with E-state index in [0.29, 0.717) is 11.8 Å². The first-order valence-corrected chi connectivity index (χ1v) is 5.28. The van der Waals surface area contributed by atoms with Crippen LogP contribution in [0.25, 0.3) is 0 Å². The molecule has 6 nitrogen and oxygen atoms in total. The molecule has 90 valence electrons. The van der Waals surface area contributed by atoms with E-state index in [1.165, 1.54) is 0 Å². The lowest BCUT2D eigenvalue weighted by Crippen LogP contribution is -2.32. The molecule has 1 rings (SSSR count). The molecule has 0 atom stereocenters. The zero-order valence-corrected chi connectivity index (χ0v) is 10.2. The summed E-state index contributed by atoms with van der Waals surface area (Å²) in [7, 11) is 0. The Morgan fingerprint density at radius 1 is 1.44 bits per heavy atom. The number of halogens is 1. The molecular formula is C9H14ClN3O3. The number of amides is 1. The largest absolute Gasteiger partial charge is 0.444 e. The molecule has 0 aliphatic carbocycles. The number of hydrogen-bond acceptors (Lipinski definition) is 5. The summed E-state index contributed by atoms with van der Waals surface area (Å²) in [6.45, 7) is 5.47. The van der Waals surface area contributed by atoms with Crippen LogP contribution in [0.2, 0.25) is 0 Å². The maximum atomic E-state index is 11.3. The molecule has 1 N–H and O–H groups in total. The van der Waals surface area contributed by atoms with E-state index in [1.54, 1.807) is 20.8 Å². The van der Waals surface area contributed by atoms with Gasteiger partial charge in [-0.2, -0.15) is 0 Å². The van der Waals surface area contributed by atoms with E-state index >= 15 is 0 Å². The van der Waals surface area contributed by atoms with Crippen molar-refractivity contribution < 1.29 is 13.9 Å². The monoisotopic (exact) mass is 247 g/mol. The van der Waals surface area contributed by atoms with Crippen LogP contribution in [-0.4, -0.2) is 21.9 Å². The van der Waals surface area contributed by atoms with Crippen molar-refractivity contribution in [3.63, 3.8) is 0 Å². The van der Waals surface area contributed by atoms with Gasteiger partial charge in [0.05, 0.1) is 6.54 Å². The lowest BCUT2D eigenvalue weighted by molar-refractivity contribution is 0.0518. The van der Waals surface area contributed by atoms with Crippen molar-refractivity contribution in [3.05, 3.63) is 11.8 Å². The van der Waals surface area contributed by atoms with Crippen LogP contribution in [0.3, 0.4) is 0 Å². The van der Waals surface area contributed by atoms with Crippen molar-refractivity contribution in [2.24, 2.45) is 0 Å². The van der Waals surface area contributed by atoms with Gasteiger partial charge in [0, 0.05) is 0 Å². The summed E-state index contributed by atoms with van der Waals surface area (Å²) in [6.07, 6.45) is -0.530. The van der Waals surface area contributed by atoms with Gasteiger partial charge in [-0.05, 0) is 20.8 Å². The van der Waals surface area contributed by atoms with Gasteiger partial charge in [0.25, 0.3) is 0 Å². The molecule has 0 spiro atoms. The van der Waals surface area contributed by atoms with Crippen LogP contribution in [0, 0.1) is 0 Å². The maximum absolute atomic E-state index is 11.3. The Hall–Kier alpha value is -1.30. The lowest BCUT2D eigenvalue weighted by atomic mass is 10.2. The van der Waals surface area contributed by atoms with Crippen molar-refractivity contribution in [3.8, 4) is 0 Å². The average molecular weight is 248 g/mol. The van der Waals surface area contributed by atoms with Gasteiger partial charge in [-0.15, -0.1) is 21.8 Å². The number of carbonyl (C=O) groups excluding carboxylic acids is 1. The van der Waals surface area contributed by atoms with Crippen molar-refractivity contribution >= 4 is 17.7 Å². The highest BCUT2D eigenvalue weighted by molar-refractivity contribution is 6.16. The van der Waals surface area contributed by atoms with Crippen LogP contribution in [0.5, 0.6) is 0 Å². The zero-order valence-electron chi connectivity index (χ0n) is 9.41. The molecule has 0 aliphatic rings. The van der Waals surface area contributed by atoms with E-state index in [0.717, 1.165) is 0 Å². The minimum atomic E-state index is -0.530. The number of nitrogens with zero attached hydrogens (tertiary/aromatic N) is 2. The van der Waals surface area contributed by atoms with E-state index < -0.39 is 11.7 Å². The first-order chi connectivity index (χ1) is 7.40. The number of alkyl halides is 1. The fourth-order valence-corrected chi connectivity index (χ4v) is 0.984. The van der Waals surface area contributed by atoms with Gasteiger partial charge >= 0.3 is 6.09 Å². The standard InChI is InChI=1S/C9H14ClN3O3/c1-9(2,3)16-8(14)11-5-7-13-12-6(4-10)15-7/h4-5H2,1-3H3,(H,11,14). The van der Waals surface area contributed by atoms with Crippen LogP contribution < -0.4 is 5.32 Å². The summed E-state index contributed by atoms with van der Waals surface area (Å²) in [5.74, 6) is 0.767. The van der Waals surface area contributed by atoms with Gasteiger partial charge in [0.1, 0.15) is 11.5 Å². The predicted molar refractivity (Wildman–Crippen MR) is 56.9 cm³/mol. The number of hydrogen-bond donors (Lipinski definition) is 1. The lowest BCUT2D eigenvalue weighted by Gasteiger charge is -2.19. The quantitative estimate of drug-likeness (QED) is 0.825. The van der Waals surface area contributed by atoms with Crippen LogP contribution in [0.1, 0.15) is 32.6 Å². The molecule has 1 aromatic heterocycles. The number of carbonyl (C=O) groups is 1. The summed E-state index contributed by atoms with van der Waals surface area (Å²) in [4.78, 5) is 11.3. The molecular weight excluding hydrogens is 234 g/mol. The van der Waals surface area contributed by atoms with E-state index in [1.807, 2.05) is 0 Å². The molecule has 0 saturated heterocycles. The second kappa shape index (κ2) is 5.16. The highest BCUT2D eigenvalue weighted by atomic mass is 35.5. The SMILES string of the molecule is CC(C)(C)OC(=O)NCc1nnc(CCl)o1. The Balaban J connectivity index is 2.37. The van der Waals surface area contributed by atoms with E-state index in [4.69, 9.17) is 20.8 Å². The Bertz CT molecular complexity index is 359. The van der Waals surface area contributed by atoms with Crippen molar-refractivity contribution in [2.75, 3.05) is 0 Å². The van der Waals surface area contributed by atoms with E-state index in [-0.39, 0.29) is 12.4 Å². The molecule has 1 heterocycles. The van der Waals surface area contributed by atoms with Gasteiger partial charge in [-0.3, -0.25) is 0 Å². The maximum Gasteiger partial charge on any atom is 0.408 e. The van der Waals surface area contributed by atoms with Gasteiger partial charge < -0.3 is 14.5 Å². The molecule has 0 radical (unpaired) electrons. The highest BCUT2D eigenvalue weighted by Gasteiger charge is 2.16. The van der Waals surface area contributed by atoms with Crippen molar-refractivity contribution in [1.82, 2.24) is 15.5 Å². The van der Waals surface area contributed by atoms with Crippen LogP contribution >= 0.6 is 11.6 Å². The smallest absolute Gasteiger partial charge is 0.408 e. The number of aromatic nitrogens is 2. The van der Waals surface area contributed by atoms with Gasteiger partial charge in [0.2, 0.25) is 11.8 Å². The third-order valence-electron chi connectivity index (χ3n) is 1.41. The third kappa shape index (κ3) is 4.48. The third-order valence-corrected chi connectivity index (χ3v) is 1.63. The Morgan fingerprint density at radius 3 is 2.56 bits per heavy atom. The minimum absolute atomic E-state index is 0.124. The second-order valence-corrected chi connectivity index (χ2v) is 4.35. The normalized spacial score (nSPS) is 11.2. The second-order valence-electron chi connectivity index (χ2n) is 4.08. The minimum Gasteiger partial charge on any atom is -0.444 e. The molecule has 1 amide bonds. The fourth-order valence-electron chi connectivity index (χ4n) is 0.876. The summed E-state index contributed by atoms with van der Waals surface area (Å²) in [5.41, 5.74) is -0.528. The molecule has 0 aromatic carbocycles.